The summed E-state index contributed by atoms with van der Waals surface area (Å²) in [5.41, 5.74) is 2.21. The first-order chi connectivity index (χ1) is 8.40. The number of carbonyl (C=O) groups excluding carboxylic acids is 1. The average Bonchev–Trinajstić information content (AvgIpc) is 2.25. The van der Waals surface area contributed by atoms with Gasteiger partial charge in [-0.05, 0) is 33.9 Å². The molecule has 0 fully saturated rings. The first-order valence-corrected chi connectivity index (χ1v) is 6.02. The summed E-state index contributed by atoms with van der Waals surface area (Å²) in [6.45, 7) is 10.4. The fourth-order valence-corrected chi connectivity index (χ4v) is 1.17. The van der Waals surface area contributed by atoms with Gasteiger partial charge in [-0.2, -0.15) is 0 Å². The van der Waals surface area contributed by atoms with E-state index >= 15 is 0 Å². The predicted octanol–water partition coefficient (Wildman–Crippen LogP) is 1.40. The molecule has 0 bridgehead atoms. The molecule has 1 atom stereocenters. The molecular weight excluding hydrogens is 228 g/mol. The molecule has 0 rings (SSSR count). The monoisotopic (exact) mass is 252 g/mol. The first-order valence-electron chi connectivity index (χ1n) is 6.02. The van der Waals surface area contributed by atoms with Gasteiger partial charge in [-0.3, -0.25) is 0 Å². The minimum atomic E-state index is -0.465. The van der Waals surface area contributed by atoms with Crippen molar-refractivity contribution in [3.05, 3.63) is 30.5 Å². The van der Waals surface area contributed by atoms with Crippen LogP contribution < -0.4 is 10.6 Å². The molecule has 0 aromatic carbocycles. The summed E-state index contributed by atoms with van der Waals surface area (Å²) in [6, 6.07) is -0.416. The zero-order chi connectivity index (χ0) is 14.0. The van der Waals surface area contributed by atoms with Gasteiger partial charge in [0, 0.05) is 13.1 Å². The summed E-state index contributed by atoms with van der Waals surface area (Å²) >= 11 is 0. The molecule has 1 unspecified atom stereocenters. The molecule has 0 radical (unpaired) electrons. The smallest absolute Gasteiger partial charge is 0.327 e. The Morgan fingerprint density at radius 1 is 1.44 bits per heavy atom. The Morgan fingerprint density at radius 3 is 2.61 bits per heavy atom. The average molecular weight is 252 g/mol. The largest absolute Gasteiger partial charge is 0.459 e. The normalized spacial score (nSPS) is 13.1. The number of hydrogen-bond acceptors (Lipinski definition) is 4. The van der Waals surface area contributed by atoms with Crippen LogP contribution in [0.15, 0.2) is 30.5 Å². The lowest BCUT2D eigenvalue weighted by Crippen LogP contribution is -2.38. The minimum absolute atomic E-state index is 0.271. The van der Waals surface area contributed by atoms with Gasteiger partial charge in [-0.1, -0.05) is 18.7 Å². The van der Waals surface area contributed by atoms with E-state index in [1.807, 2.05) is 26.8 Å². The van der Waals surface area contributed by atoms with Crippen molar-refractivity contribution in [2.75, 3.05) is 20.1 Å². The Kier molecular flexibility index (Phi) is 8.05. The fourth-order valence-electron chi connectivity index (χ4n) is 1.17. The van der Waals surface area contributed by atoms with Crippen molar-refractivity contribution in [1.29, 1.82) is 0 Å². The van der Waals surface area contributed by atoms with Crippen LogP contribution in [-0.2, 0) is 9.53 Å². The fraction of sp³-hybridized carbons (Fsp3) is 0.571. The van der Waals surface area contributed by atoms with Gasteiger partial charge in [0.1, 0.15) is 11.6 Å². The van der Waals surface area contributed by atoms with E-state index in [0.717, 1.165) is 0 Å². The van der Waals surface area contributed by atoms with Crippen molar-refractivity contribution in [3.8, 4) is 0 Å². The molecule has 4 heteroatoms. The highest BCUT2D eigenvalue weighted by Crippen LogP contribution is 2.08. The molecule has 18 heavy (non-hydrogen) atoms. The summed E-state index contributed by atoms with van der Waals surface area (Å²) in [6.07, 6.45) is 5.48. The van der Waals surface area contributed by atoms with Crippen LogP contribution >= 0.6 is 0 Å². The third-order valence-corrected chi connectivity index (χ3v) is 1.95. The molecule has 4 nitrogen and oxygen atoms in total. The Labute approximate surface area is 110 Å². The number of likely N-dealkylation sites (N-methyl/N-ethyl adjacent to an activating group) is 1. The van der Waals surface area contributed by atoms with Crippen LogP contribution in [0.2, 0.25) is 0 Å². The molecule has 0 aromatic rings. The molecule has 102 valence electrons. The van der Waals surface area contributed by atoms with E-state index in [-0.39, 0.29) is 5.97 Å². The summed E-state index contributed by atoms with van der Waals surface area (Å²) in [5, 5.41) is 6.04. The Morgan fingerprint density at radius 2 is 2.11 bits per heavy atom. The third kappa shape index (κ3) is 8.76. The molecule has 0 aliphatic heterocycles. The quantitative estimate of drug-likeness (QED) is 0.311. The summed E-state index contributed by atoms with van der Waals surface area (Å²) < 4.78 is 5.29. The van der Waals surface area contributed by atoms with Crippen molar-refractivity contribution in [2.24, 2.45) is 0 Å². The van der Waals surface area contributed by atoms with E-state index in [1.54, 1.807) is 19.2 Å². The summed E-state index contributed by atoms with van der Waals surface area (Å²) in [5.74, 6) is -0.271. The highest BCUT2D eigenvalue weighted by Gasteiger charge is 2.21. The predicted molar refractivity (Wildman–Crippen MR) is 74.4 cm³/mol. The molecule has 0 aromatic heterocycles. The van der Waals surface area contributed by atoms with Gasteiger partial charge in [0.2, 0.25) is 0 Å². The van der Waals surface area contributed by atoms with Crippen LogP contribution in [-0.4, -0.2) is 37.7 Å². The van der Waals surface area contributed by atoms with Gasteiger partial charge in [0.15, 0.2) is 0 Å². The van der Waals surface area contributed by atoms with E-state index in [4.69, 9.17) is 4.74 Å². The molecule has 0 aliphatic carbocycles. The van der Waals surface area contributed by atoms with Crippen molar-refractivity contribution in [2.45, 2.75) is 32.4 Å². The summed E-state index contributed by atoms with van der Waals surface area (Å²) in [4.78, 5) is 11.8. The number of ether oxygens (including phenoxy) is 1. The zero-order valence-corrected chi connectivity index (χ0v) is 11.7. The second-order valence-corrected chi connectivity index (χ2v) is 4.79. The SMILES string of the molecule is C=C=CCNCC=CC(NC)C(=O)OC(C)(C)C. The molecule has 0 saturated carbocycles. The van der Waals surface area contributed by atoms with Crippen molar-refractivity contribution >= 4 is 5.97 Å². The van der Waals surface area contributed by atoms with Gasteiger partial charge in [-0.15, -0.1) is 5.73 Å². The minimum Gasteiger partial charge on any atom is -0.459 e. The van der Waals surface area contributed by atoms with Gasteiger partial charge < -0.3 is 15.4 Å². The first kappa shape index (κ1) is 16.6. The maximum absolute atomic E-state index is 11.8. The number of esters is 1. The van der Waals surface area contributed by atoms with E-state index < -0.39 is 11.6 Å². The topological polar surface area (TPSA) is 50.4 Å². The molecule has 0 amide bonds. The number of hydrogen-bond donors (Lipinski definition) is 2. The van der Waals surface area contributed by atoms with Crippen LogP contribution in [0.4, 0.5) is 0 Å². The lowest BCUT2D eigenvalue weighted by molar-refractivity contribution is -0.155. The number of nitrogens with one attached hydrogen (secondary N) is 2. The van der Waals surface area contributed by atoms with Crippen LogP contribution in [0.25, 0.3) is 0 Å². The lowest BCUT2D eigenvalue weighted by atomic mass is 10.2. The van der Waals surface area contributed by atoms with Gasteiger partial charge >= 0.3 is 5.97 Å². The highest BCUT2D eigenvalue weighted by atomic mass is 16.6. The van der Waals surface area contributed by atoms with E-state index in [9.17, 15) is 4.79 Å². The molecular formula is C14H24N2O2. The maximum atomic E-state index is 11.8. The van der Waals surface area contributed by atoms with Gasteiger partial charge in [-0.25, -0.2) is 4.79 Å². The van der Waals surface area contributed by atoms with Crippen molar-refractivity contribution in [3.63, 3.8) is 0 Å². The van der Waals surface area contributed by atoms with Crippen LogP contribution in [0.3, 0.4) is 0 Å². The Balaban J connectivity index is 4.13. The molecule has 0 aliphatic rings. The van der Waals surface area contributed by atoms with E-state index in [2.05, 4.69) is 22.9 Å². The van der Waals surface area contributed by atoms with Crippen molar-refractivity contribution in [1.82, 2.24) is 10.6 Å². The molecule has 0 saturated heterocycles. The van der Waals surface area contributed by atoms with Crippen LogP contribution in [0.1, 0.15) is 20.8 Å². The highest BCUT2D eigenvalue weighted by molar-refractivity contribution is 5.78. The van der Waals surface area contributed by atoms with E-state index in [1.165, 1.54) is 0 Å². The lowest BCUT2D eigenvalue weighted by Gasteiger charge is -2.22. The van der Waals surface area contributed by atoms with E-state index in [0.29, 0.717) is 13.1 Å². The summed E-state index contributed by atoms with van der Waals surface area (Å²) in [7, 11) is 1.73. The molecule has 0 spiro atoms. The zero-order valence-electron chi connectivity index (χ0n) is 11.7. The van der Waals surface area contributed by atoms with Crippen molar-refractivity contribution < 1.29 is 9.53 Å². The Hall–Kier alpha value is -1.35. The van der Waals surface area contributed by atoms with Gasteiger partial charge in [0.05, 0.1) is 0 Å². The number of carbonyl (C=O) groups is 1. The van der Waals surface area contributed by atoms with Crippen LogP contribution in [0.5, 0.6) is 0 Å². The maximum Gasteiger partial charge on any atom is 0.327 e. The standard InChI is InChI=1S/C14H24N2O2/c1-6-7-10-16-11-8-9-12(15-5)13(17)18-14(2,3)4/h7-9,12,15-16H,1,10-11H2,2-5H3. The third-order valence-electron chi connectivity index (χ3n) is 1.95. The van der Waals surface area contributed by atoms with Crippen LogP contribution in [0, 0.1) is 0 Å². The second kappa shape index (κ2) is 8.70. The molecule has 2 N–H and O–H groups in total. The number of rotatable bonds is 7. The second-order valence-electron chi connectivity index (χ2n) is 4.79. The van der Waals surface area contributed by atoms with Gasteiger partial charge in [0.25, 0.3) is 0 Å². The Bertz CT molecular complexity index is 323. The molecule has 0 heterocycles.